The fourth-order valence-electron chi connectivity index (χ4n) is 2.02. The highest BCUT2D eigenvalue weighted by molar-refractivity contribution is 9.10. The number of hydrogen-bond donors (Lipinski definition) is 0. The van der Waals surface area contributed by atoms with Crippen molar-refractivity contribution in [2.75, 3.05) is 7.11 Å². The fourth-order valence-corrected chi connectivity index (χ4v) is 2.58. The SMILES string of the molecule is COc1cc(Br)ccc1C(=O)c1cc(C)c(Cl)cc1C. The van der Waals surface area contributed by atoms with Gasteiger partial charge in [0, 0.05) is 15.1 Å². The van der Waals surface area contributed by atoms with Crippen LogP contribution in [0.2, 0.25) is 5.02 Å². The van der Waals surface area contributed by atoms with Gasteiger partial charge in [-0.3, -0.25) is 4.79 Å². The van der Waals surface area contributed by atoms with E-state index in [0.717, 1.165) is 15.6 Å². The van der Waals surface area contributed by atoms with Crippen molar-refractivity contribution in [3.05, 3.63) is 62.1 Å². The summed E-state index contributed by atoms with van der Waals surface area (Å²) >= 11 is 9.44. The summed E-state index contributed by atoms with van der Waals surface area (Å²) in [5, 5.41) is 0.668. The van der Waals surface area contributed by atoms with Crippen molar-refractivity contribution < 1.29 is 9.53 Å². The molecule has 2 rings (SSSR count). The molecule has 20 heavy (non-hydrogen) atoms. The third kappa shape index (κ3) is 2.89. The highest BCUT2D eigenvalue weighted by Gasteiger charge is 2.17. The van der Waals surface area contributed by atoms with Crippen LogP contribution in [0.4, 0.5) is 0 Å². The number of carbonyl (C=O) groups is 1. The number of carbonyl (C=O) groups excluding carboxylic acids is 1. The molecule has 0 fully saturated rings. The molecule has 0 aromatic heterocycles. The maximum atomic E-state index is 12.7. The van der Waals surface area contributed by atoms with E-state index in [4.69, 9.17) is 16.3 Å². The molecular weight excluding hydrogens is 340 g/mol. The summed E-state index contributed by atoms with van der Waals surface area (Å²) in [7, 11) is 1.55. The van der Waals surface area contributed by atoms with Crippen LogP contribution in [-0.4, -0.2) is 12.9 Å². The Balaban J connectivity index is 2.54. The monoisotopic (exact) mass is 352 g/mol. The van der Waals surface area contributed by atoms with Gasteiger partial charge in [0.25, 0.3) is 0 Å². The van der Waals surface area contributed by atoms with Gasteiger partial charge < -0.3 is 4.74 Å². The summed E-state index contributed by atoms with van der Waals surface area (Å²) in [5.41, 5.74) is 2.93. The van der Waals surface area contributed by atoms with Crippen molar-refractivity contribution in [1.82, 2.24) is 0 Å². The van der Waals surface area contributed by atoms with E-state index in [1.807, 2.05) is 32.0 Å². The predicted molar refractivity (Wildman–Crippen MR) is 85.1 cm³/mol. The minimum atomic E-state index is -0.0633. The Kier molecular flexibility index (Phi) is 4.51. The summed E-state index contributed by atoms with van der Waals surface area (Å²) < 4.78 is 6.16. The molecule has 0 unspecified atom stereocenters. The largest absolute Gasteiger partial charge is 0.496 e. The summed E-state index contributed by atoms with van der Waals surface area (Å²) in [5.74, 6) is 0.489. The zero-order valence-corrected chi connectivity index (χ0v) is 13.8. The molecule has 0 atom stereocenters. The van der Waals surface area contributed by atoms with Gasteiger partial charge >= 0.3 is 0 Å². The van der Waals surface area contributed by atoms with Crippen molar-refractivity contribution in [3.63, 3.8) is 0 Å². The van der Waals surface area contributed by atoms with Gasteiger partial charge in [-0.25, -0.2) is 0 Å². The number of halogens is 2. The first-order chi connectivity index (χ1) is 9.43. The Bertz CT molecular complexity index is 680. The topological polar surface area (TPSA) is 26.3 Å². The van der Waals surface area contributed by atoms with Gasteiger partial charge in [-0.05, 0) is 55.3 Å². The Morgan fingerprint density at radius 3 is 2.45 bits per heavy atom. The highest BCUT2D eigenvalue weighted by atomic mass is 79.9. The Morgan fingerprint density at radius 1 is 1.10 bits per heavy atom. The molecular formula is C16H14BrClO2. The molecule has 0 heterocycles. The smallest absolute Gasteiger partial charge is 0.197 e. The maximum absolute atomic E-state index is 12.7. The van der Waals surface area contributed by atoms with E-state index in [1.54, 1.807) is 19.2 Å². The molecule has 104 valence electrons. The molecule has 0 N–H and O–H groups in total. The second kappa shape index (κ2) is 5.98. The van der Waals surface area contributed by atoms with Crippen molar-refractivity contribution in [2.45, 2.75) is 13.8 Å². The maximum Gasteiger partial charge on any atom is 0.197 e. The molecule has 0 saturated carbocycles. The minimum absolute atomic E-state index is 0.0633. The first-order valence-electron chi connectivity index (χ1n) is 6.09. The van der Waals surface area contributed by atoms with Gasteiger partial charge in [-0.15, -0.1) is 0 Å². The predicted octanol–water partition coefficient (Wildman–Crippen LogP) is 4.96. The molecule has 2 aromatic rings. The summed E-state index contributed by atoms with van der Waals surface area (Å²) in [6.45, 7) is 3.77. The van der Waals surface area contributed by atoms with Gasteiger partial charge in [0.05, 0.1) is 12.7 Å². The van der Waals surface area contributed by atoms with Crippen molar-refractivity contribution in [1.29, 1.82) is 0 Å². The molecule has 0 amide bonds. The van der Waals surface area contributed by atoms with E-state index < -0.39 is 0 Å². The number of aryl methyl sites for hydroxylation is 2. The molecule has 0 saturated heterocycles. The molecule has 2 aromatic carbocycles. The van der Waals surface area contributed by atoms with Crippen LogP contribution in [0.25, 0.3) is 0 Å². The number of rotatable bonds is 3. The second-order valence-corrected chi connectivity index (χ2v) is 5.91. The normalized spacial score (nSPS) is 10.4. The lowest BCUT2D eigenvalue weighted by Gasteiger charge is -2.11. The van der Waals surface area contributed by atoms with Gasteiger partial charge in [0.2, 0.25) is 0 Å². The standard InChI is InChI=1S/C16H14BrClO2/c1-9-7-14(18)10(2)6-13(9)16(19)12-5-4-11(17)8-15(12)20-3/h4-8H,1-3H3. The lowest BCUT2D eigenvalue weighted by molar-refractivity contribution is 0.103. The van der Waals surface area contributed by atoms with Crippen LogP contribution < -0.4 is 4.74 Å². The molecule has 4 heteroatoms. The Labute approximate surface area is 131 Å². The van der Waals surface area contributed by atoms with E-state index in [9.17, 15) is 4.79 Å². The van der Waals surface area contributed by atoms with E-state index in [1.165, 1.54) is 0 Å². The molecule has 0 spiro atoms. The van der Waals surface area contributed by atoms with E-state index in [-0.39, 0.29) is 5.78 Å². The molecule has 0 bridgehead atoms. The van der Waals surface area contributed by atoms with E-state index >= 15 is 0 Å². The quantitative estimate of drug-likeness (QED) is 0.729. The number of ketones is 1. The average molecular weight is 354 g/mol. The zero-order valence-electron chi connectivity index (χ0n) is 11.5. The summed E-state index contributed by atoms with van der Waals surface area (Å²) in [4.78, 5) is 12.7. The number of ether oxygens (including phenoxy) is 1. The summed E-state index contributed by atoms with van der Waals surface area (Å²) in [6, 6.07) is 9.00. The second-order valence-electron chi connectivity index (χ2n) is 4.59. The van der Waals surface area contributed by atoms with Crippen molar-refractivity contribution >= 4 is 33.3 Å². The lowest BCUT2D eigenvalue weighted by Crippen LogP contribution is -2.06. The Morgan fingerprint density at radius 2 is 1.80 bits per heavy atom. The third-order valence-corrected chi connectivity index (χ3v) is 4.06. The van der Waals surface area contributed by atoms with Crippen LogP contribution >= 0.6 is 27.5 Å². The van der Waals surface area contributed by atoms with E-state index in [2.05, 4.69) is 15.9 Å². The van der Waals surface area contributed by atoms with Crippen LogP contribution in [0, 0.1) is 13.8 Å². The molecule has 0 aliphatic carbocycles. The molecule has 2 nitrogen and oxygen atoms in total. The lowest BCUT2D eigenvalue weighted by atomic mass is 9.97. The van der Waals surface area contributed by atoms with Gasteiger partial charge in [-0.2, -0.15) is 0 Å². The van der Waals surface area contributed by atoms with Crippen LogP contribution in [0.1, 0.15) is 27.0 Å². The van der Waals surface area contributed by atoms with Crippen LogP contribution in [0.5, 0.6) is 5.75 Å². The van der Waals surface area contributed by atoms with Crippen molar-refractivity contribution in [2.24, 2.45) is 0 Å². The third-order valence-electron chi connectivity index (χ3n) is 3.16. The number of benzene rings is 2. The molecule has 0 aliphatic rings. The first-order valence-corrected chi connectivity index (χ1v) is 7.26. The fraction of sp³-hybridized carbons (Fsp3) is 0.188. The highest BCUT2D eigenvalue weighted by Crippen LogP contribution is 2.28. The van der Waals surface area contributed by atoms with Gasteiger partial charge in [-0.1, -0.05) is 27.5 Å². The molecule has 0 radical (unpaired) electrons. The van der Waals surface area contributed by atoms with Gasteiger partial charge in [0.1, 0.15) is 5.75 Å². The average Bonchev–Trinajstić information content (AvgIpc) is 2.42. The van der Waals surface area contributed by atoms with Gasteiger partial charge in [0.15, 0.2) is 5.78 Å². The number of methoxy groups -OCH3 is 1. The minimum Gasteiger partial charge on any atom is -0.496 e. The van der Waals surface area contributed by atoms with Crippen LogP contribution in [0.3, 0.4) is 0 Å². The first kappa shape index (κ1) is 15.1. The van der Waals surface area contributed by atoms with Crippen LogP contribution in [-0.2, 0) is 0 Å². The zero-order chi connectivity index (χ0) is 14.9. The summed E-state index contributed by atoms with van der Waals surface area (Å²) in [6.07, 6.45) is 0. The van der Waals surface area contributed by atoms with E-state index in [0.29, 0.717) is 21.9 Å². The Hall–Kier alpha value is -1.32. The van der Waals surface area contributed by atoms with Crippen LogP contribution in [0.15, 0.2) is 34.8 Å². The molecule has 0 aliphatic heterocycles. The number of hydrogen-bond acceptors (Lipinski definition) is 2. The van der Waals surface area contributed by atoms with Crippen molar-refractivity contribution in [3.8, 4) is 5.75 Å².